The Morgan fingerprint density at radius 2 is 2.00 bits per heavy atom. The quantitative estimate of drug-likeness (QED) is 0.948. The monoisotopic (exact) mass is 310 g/mol. The average Bonchev–Trinajstić information content (AvgIpc) is 2.33. The molecule has 1 aromatic carbocycles. The van der Waals surface area contributed by atoms with Crippen LogP contribution in [0.25, 0.3) is 0 Å². The van der Waals surface area contributed by atoms with Crippen molar-refractivity contribution in [2.24, 2.45) is 0 Å². The van der Waals surface area contributed by atoms with Crippen molar-refractivity contribution in [1.29, 1.82) is 0 Å². The van der Waals surface area contributed by atoms with Gasteiger partial charge >= 0.3 is 0 Å². The zero-order valence-corrected chi connectivity index (χ0v) is 11.4. The lowest BCUT2D eigenvalue weighted by Crippen LogP contribution is -2.08. The number of hydrogen-bond acceptors (Lipinski definition) is 3. The molecule has 0 radical (unpaired) electrons. The molecule has 0 spiro atoms. The smallest absolute Gasteiger partial charge is 0.157 e. The summed E-state index contributed by atoms with van der Waals surface area (Å²) in [4.78, 5) is 8.06. The highest BCUT2D eigenvalue weighted by Crippen LogP contribution is 2.20. The van der Waals surface area contributed by atoms with Crippen molar-refractivity contribution in [2.45, 2.75) is 19.4 Å². The van der Waals surface area contributed by atoms with Gasteiger partial charge in [0.25, 0.3) is 0 Å². The van der Waals surface area contributed by atoms with Crippen molar-refractivity contribution in [1.82, 2.24) is 9.97 Å². The van der Waals surface area contributed by atoms with E-state index in [1.54, 1.807) is 24.5 Å². The summed E-state index contributed by atoms with van der Waals surface area (Å²) < 4.78 is 14.3. The van der Waals surface area contributed by atoms with E-state index in [0.29, 0.717) is 15.9 Å². The molecule has 18 heavy (non-hydrogen) atoms. The second kappa shape index (κ2) is 5.54. The van der Waals surface area contributed by atoms with Crippen LogP contribution < -0.4 is 0 Å². The van der Waals surface area contributed by atoms with Crippen LogP contribution in [0.4, 0.5) is 4.39 Å². The van der Waals surface area contributed by atoms with Gasteiger partial charge in [0, 0.05) is 23.3 Å². The minimum atomic E-state index is -0.902. The molecule has 0 saturated heterocycles. The standard InChI is InChI=1S/C13H12BrFN2O/c1-8-6-16-13(17-7-8)12(18)4-9-2-3-10(14)5-11(9)15/h2-3,5-7,12,18H,4H2,1H3. The van der Waals surface area contributed by atoms with E-state index in [2.05, 4.69) is 25.9 Å². The molecule has 1 atom stereocenters. The molecule has 0 aliphatic heterocycles. The third-order valence-corrected chi connectivity index (χ3v) is 3.02. The Bertz CT molecular complexity index is 545. The molecule has 1 aromatic heterocycles. The van der Waals surface area contributed by atoms with Crippen molar-refractivity contribution >= 4 is 15.9 Å². The number of halogens is 2. The van der Waals surface area contributed by atoms with Crippen LogP contribution in [0.3, 0.4) is 0 Å². The Hall–Kier alpha value is -1.33. The summed E-state index contributed by atoms with van der Waals surface area (Å²) >= 11 is 3.19. The summed E-state index contributed by atoms with van der Waals surface area (Å²) in [5.41, 5.74) is 1.36. The third-order valence-electron chi connectivity index (χ3n) is 2.53. The molecule has 1 unspecified atom stereocenters. The summed E-state index contributed by atoms with van der Waals surface area (Å²) in [5, 5.41) is 9.96. The van der Waals surface area contributed by atoms with Crippen LogP contribution >= 0.6 is 15.9 Å². The summed E-state index contributed by atoms with van der Waals surface area (Å²) in [6.45, 7) is 1.87. The lowest BCUT2D eigenvalue weighted by molar-refractivity contribution is 0.167. The predicted octanol–water partition coefficient (Wildman–Crippen LogP) is 2.96. The highest BCUT2D eigenvalue weighted by atomic mass is 79.9. The first-order chi connectivity index (χ1) is 8.56. The van der Waals surface area contributed by atoms with Gasteiger partial charge in [-0.05, 0) is 30.2 Å². The number of hydrogen-bond donors (Lipinski definition) is 1. The summed E-state index contributed by atoms with van der Waals surface area (Å²) in [7, 11) is 0. The van der Waals surface area contributed by atoms with Crippen LogP contribution in [-0.4, -0.2) is 15.1 Å². The minimum absolute atomic E-state index is 0.155. The Balaban J connectivity index is 2.15. The van der Waals surface area contributed by atoms with Crippen LogP contribution in [0, 0.1) is 12.7 Å². The molecule has 5 heteroatoms. The summed E-state index contributed by atoms with van der Waals surface area (Å²) in [6.07, 6.45) is 2.51. The SMILES string of the molecule is Cc1cnc(C(O)Cc2ccc(Br)cc2F)nc1. The highest BCUT2D eigenvalue weighted by molar-refractivity contribution is 9.10. The van der Waals surface area contributed by atoms with E-state index < -0.39 is 6.10 Å². The van der Waals surface area contributed by atoms with Gasteiger partial charge in [0.15, 0.2) is 5.82 Å². The molecule has 0 bridgehead atoms. The van der Waals surface area contributed by atoms with Gasteiger partial charge < -0.3 is 5.11 Å². The molecule has 0 amide bonds. The second-order valence-electron chi connectivity index (χ2n) is 4.07. The van der Waals surface area contributed by atoms with Gasteiger partial charge in [-0.1, -0.05) is 22.0 Å². The number of benzene rings is 1. The maximum atomic E-state index is 13.6. The fraction of sp³-hybridized carbons (Fsp3) is 0.231. The maximum absolute atomic E-state index is 13.6. The van der Waals surface area contributed by atoms with Crippen LogP contribution in [-0.2, 0) is 6.42 Å². The fourth-order valence-corrected chi connectivity index (χ4v) is 1.89. The molecule has 2 rings (SSSR count). The number of nitrogens with zero attached hydrogens (tertiary/aromatic N) is 2. The molecular formula is C13H12BrFN2O. The second-order valence-corrected chi connectivity index (χ2v) is 4.99. The highest BCUT2D eigenvalue weighted by Gasteiger charge is 2.14. The zero-order valence-electron chi connectivity index (χ0n) is 9.77. The lowest BCUT2D eigenvalue weighted by Gasteiger charge is -2.10. The van der Waals surface area contributed by atoms with Crippen molar-refractivity contribution in [2.75, 3.05) is 0 Å². The van der Waals surface area contributed by atoms with Gasteiger partial charge in [-0.2, -0.15) is 0 Å². The van der Waals surface area contributed by atoms with Crippen molar-refractivity contribution in [3.05, 3.63) is 57.8 Å². The molecule has 3 nitrogen and oxygen atoms in total. The maximum Gasteiger partial charge on any atom is 0.157 e. The van der Waals surface area contributed by atoms with Gasteiger partial charge in [-0.25, -0.2) is 14.4 Å². The number of aliphatic hydroxyl groups excluding tert-OH is 1. The number of aliphatic hydroxyl groups is 1. The third kappa shape index (κ3) is 3.11. The molecular weight excluding hydrogens is 299 g/mol. The molecule has 0 saturated carbocycles. The van der Waals surface area contributed by atoms with Gasteiger partial charge in [0.1, 0.15) is 11.9 Å². The number of rotatable bonds is 3. The lowest BCUT2D eigenvalue weighted by atomic mass is 10.1. The van der Waals surface area contributed by atoms with Crippen LogP contribution in [0.5, 0.6) is 0 Å². The topological polar surface area (TPSA) is 46.0 Å². The molecule has 1 heterocycles. The van der Waals surface area contributed by atoms with Crippen LogP contribution in [0.2, 0.25) is 0 Å². The van der Waals surface area contributed by atoms with E-state index in [4.69, 9.17) is 0 Å². The average molecular weight is 311 g/mol. The summed E-state index contributed by atoms with van der Waals surface area (Å²) in [6, 6.07) is 4.75. The molecule has 0 aliphatic rings. The number of aromatic nitrogens is 2. The first kappa shape index (κ1) is 13.1. The van der Waals surface area contributed by atoms with Crippen LogP contribution in [0.15, 0.2) is 35.1 Å². The largest absolute Gasteiger partial charge is 0.385 e. The Morgan fingerprint density at radius 3 is 2.61 bits per heavy atom. The van der Waals surface area contributed by atoms with Gasteiger partial charge in [-0.3, -0.25) is 0 Å². The first-order valence-electron chi connectivity index (χ1n) is 5.47. The van der Waals surface area contributed by atoms with E-state index in [1.165, 1.54) is 6.07 Å². The van der Waals surface area contributed by atoms with Gasteiger partial charge in [0.05, 0.1) is 0 Å². The Labute approximate surface area is 113 Å². The Kier molecular flexibility index (Phi) is 4.04. The van der Waals surface area contributed by atoms with E-state index in [9.17, 15) is 9.50 Å². The van der Waals surface area contributed by atoms with Gasteiger partial charge in [-0.15, -0.1) is 0 Å². The van der Waals surface area contributed by atoms with Crippen molar-refractivity contribution in [3.63, 3.8) is 0 Å². The molecule has 94 valence electrons. The normalized spacial score (nSPS) is 12.4. The predicted molar refractivity (Wildman–Crippen MR) is 69.5 cm³/mol. The van der Waals surface area contributed by atoms with E-state index in [0.717, 1.165) is 5.56 Å². The van der Waals surface area contributed by atoms with Gasteiger partial charge in [0.2, 0.25) is 0 Å². The first-order valence-corrected chi connectivity index (χ1v) is 6.26. The van der Waals surface area contributed by atoms with E-state index in [-0.39, 0.29) is 12.2 Å². The van der Waals surface area contributed by atoms with E-state index >= 15 is 0 Å². The van der Waals surface area contributed by atoms with Crippen molar-refractivity contribution < 1.29 is 9.50 Å². The molecule has 1 N–H and O–H groups in total. The zero-order chi connectivity index (χ0) is 13.1. The Morgan fingerprint density at radius 1 is 1.33 bits per heavy atom. The minimum Gasteiger partial charge on any atom is -0.385 e. The summed E-state index contributed by atoms with van der Waals surface area (Å²) in [5.74, 6) is -0.0431. The number of aryl methyl sites for hydroxylation is 1. The molecule has 0 aliphatic carbocycles. The molecule has 2 aromatic rings. The van der Waals surface area contributed by atoms with E-state index in [1.807, 2.05) is 6.92 Å². The fourth-order valence-electron chi connectivity index (χ4n) is 1.56. The molecule has 0 fully saturated rings. The van der Waals surface area contributed by atoms with Crippen LogP contribution in [0.1, 0.15) is 23.1 Å². The van der Waals surface area contributed by atoms with Crippen molar-refractivity contribution in [3.8, 4) is 0 Å².